The largest absolute Gasteiger partial charge is 0.378 e. The molecule has 8 atom stereocenters. The highest BCUT2D eigenvalue weighted by molar-refractivity contribution is 7.89. The lowest BCUT2D eigenvalue weighted by atomic mass is 9.47. The molecule has 0 aliphatic heterocycles. The highest BCUT2D eigenvalue weighted by Gasteiger charge is 2.59. The zero-order valence-electron chi connectivity index (χ0n) is 35.7. The third kappa shape index (κ3) is 8.71. The molecule has 4 aromatic carbocycles. The van der Waals surface area contributed by atoms with Crippen LogP contribution < -0.4 is 21.2 Å². The van der Waals surface area contributed by atoms with E-state index in [9.17, 15) is 0 Å². The summed E-state index contributed by atoms with van der Waals surface area (Å²) < 4.78 is 7.14. The van der Waals surface area contributed by atoms with Crippen LogP contribution in [0.4, 0.5) is 0 Å². The van der Waals surface area contributed by atoms with Gasteiger partial charge in [-0.15, -0.1) is 0 Å². The van der Waals surface area contributed by atoms with Crippen LogP contribution >= 0.6 is 15.8 Å². The van der Waals surface area contributed by atoms with Crippen LogP contribution in [-0.4, -0.2) is 18.1 Å². The summed E-state index contributed by atoms with van der Waals surface area (Å²) >= 11 is 0. The van der Waals surface area contributed by atoms with Crippen LogP contribution in [0.5, 0.6) is 0 Å². The summed E-state index contributed by atoms with van der Waals surface area (Å²) in [4.78, 5) is 0. The van der Waals surface area contributed by atoms with Gasteiger partial charge in [0.1, 0.15) is 0 Å². The summed E-state index contributed by atoms with van der Waals surface area (Å²) in [6.07, 6.45) is 19.2. The summed E-state index contributed by atoms with van der Waals surface area (Å²) in [7, 11) is -1.29. The molecular formula is C54H70OP2. The summed E-state index contributed by atoms with van der Waals surface area (Å²) in [6.45, 7) is 13.6. The van der Waals surface area contributed by atoms with Gasteiger partial charge >= 0.3 is 0 Å². The molecule has 0 heterocycles. The van der Waals surface area contributed by atoms with Gasteiger partial charge in [-0.25, -0.2) is 0 Å². The Kier molecular flexibility index (Phi) is 13.3. The number of hydrogen-bond donors (Lipinski definition) is 0. The Morgan fingerprint density at radius 3 is 1.68 bits per heavy atom. The molecule has 2 unspecified atom stereocenters. The standard InChI is InChI=1S/C54H70OP2/c1-40(2)19-18-20-41(3)49-31-32-50-48-30-29-42-39-43(33-36-53(42,4)51(48)34-37-54(49,50)5)55-38-35-52(56(44-21-10-6-11-22-44)45-23-12-7-13-24-45)57(46-25-14-8-15-26-46)47-27-16-9-17-28-47/h6-17,21-29,40-41,43,48-52H,18-20,30-39H2,1-5H3/t41?,43-,48-,49?,50-,51-,53-,54+/m0/s1. The van der Waals surface area contributed by atoms with E-state index in [1.165, 1.54) is 85.4 Å². The molecule has 4 aromatic rings. The van der Waals surface area contributed by atoms with Crippen molar-refractivity contribution in [3.05, 3.63) is 133 Å². The monoisotopic (exact) mass is 796 g/mol. The van der Waals surface area contributed by atoms with E-state index >= 15 is 0 Å². The fraction of sp³-hybridized carbons (Fsp3) is 0.519. The van der Waals surface area contributed by atoms with E-state index in [1.807, 2.05) is 0 Å². The van der Waals surface area contributed by atoms with Crippen LogP contribution in [0, 0.1) is 46.3 Å². The van der Waals surface area contributed by atoms with E-state index in [2.05, 4.69) is 162 Å². The fourth-order valence-electron chi connectivity index (χ4n) is 12.8. The summed E-state index contributed by atoms with van der Waals surface area (Å²) in [5.41, 5.74) is 2.66. The molecule has 0 spiro atoms. The van der Waals surface area contributed by atoms with Gasteiger partial charge in [-0.2, -0.15) is 0 Å². The van der Waals surface area contributed by atoms with Gasteiger partial charge in [0.2, 0.25) is 0 Å². The first-order valence-electron chi connectivity index (χ1n) is 22.9. The van der Waals surface area contributed by atoms with Crippen molar-refractivity contribution in [3.8, 4) is 0 Å². The van der Waals surface area contributed by atoms with Gasteiger partial charge in [-0.3, -0.25) is 0 Å². The maximum absolute atomic E-state index is 7.14. The van der Waals surface area contributed by atoms with Crippen LogP contribution in [0.1, 0.15) is 112 Å². The molecule has 4 aliphatic carbocycles. The third-order valence-corrected chi connectivity index (χ3v) is 22.2. The topological polar surface area (TPSA) is 9.23 Å². The van der Waals surface area contributed by atoms with E-state index in [-0.39, 0.29) is 0 Å². The molecule has 3 saturated carbocycles. The van der Waals surface area contributed by atoms with E-state index in [1.54, 1.807) is 5.57 Å². The van der Waals surface area contributed by atoms with Crippen molar-refractivity contribution < 1.29 is 4.74 Å². The van der Waals surface area contributed by atoms with Gasteiger partial charge in [-0.1, -0.05) is 187 Å². The highest BCUT2D eigenvalue weighted by atomic mass is 31.2. The maximum Gasteiger partial charge on any atom is 0.0612 e. The molecule has 0 saturated heterocycles. The predicted octanol–water partition coefficient (Wildman–Crippen LogP) is 13.4. The SMILES string of the molecule is CC(C)CCCC(C)C1CC[C@H]2[C@@H]3CC=C4C[C@@H](OCCC(P(c5ccccc5)c5ccccc5)P(c5ccccc5)c5ccccc5)CC[C@]4(C)[C@H]3CC[C@]12C. The van der Waals surface area contributed by atoms with E-state index in [0.717, 1.165) is 55.0 Å². The van der Waals surface area contributed by atoms with Gasteiger partial charge in [0.25, 0.3) is 0 Å². The minimum absolute atomic E-state index is 0.331. The Bertz CT molecular complexity index is 1710. The second-order valence-corrected chi connectivity index (χ2v) is 24.6. The van der Waals surface area contributed by atoms with Gasteiger partial charge in [0.05, 0.1) is 6.10 Å². The average molecular weight is 797 g/mol. The Labute approximate surface area is 349 Å². The van der Waals surface area contributed by atoms with Crippen molar-refractivity contribution in [2.24, 2.45) is 46.3 Å². The molecule has 0 amide bonds. The summed E-state index contributed by atoms with van der Waals surface area (Å²) in [5.74, 6) is 5.30. The van der Waals surface area contributed by atoms with E-state index in [0.29, 0.717) is 22.3 Å². The molecule has 0 bridgehead atoms. The number of ether oxygens (including phenoxy) is 1. The minimum atomic E-state index is -0.645. The number of fused-ring (bicyclic) bond motifs is 5. The molecule has 8 rings (SSSR count). The number of benzene rings is 4. The molecule has 4 aliphatic rings. The third-order valence-electron chi connectivity index (χ3n) is 15.7. The zero-order valence-corrected chi connectivity index (χ0v) is 37.5. The van der Waals surface area contributed by atoms with Gasteiger partial charge in [-0.05, 0) is 141 Å². The van der Waals surface area contributed by atoms with E-state index < -0.39 is 15.8 Å². The molecule has 0 aromatic heterocycles. The van der Waals surface area contributed by atoms with Gasteiger partial charge in [0, 0.05) is 12.0 Å². The Balaban J connectivity index is 0.999. The first-order valence-corrected chi connectivity index (χ1v) is 25.7. The lowest BCUT2D eigenvalue weighted by molar-refractivity contribution is -0.0639. The fourth-order valence-corrected chi connectivity index (χ4v) is 20.0. The molecule has 0 radical (unpaired) electrons. The quantitative estimate of drug-likeness (QED) is 0.0860. The minimum Gasteiger partial charge on any atom is -0.378 e. The molecular weight excluding hydrogens is 727 g/mol. The molecule has 3 fully saturated rings. The first-order chi connectivity index (χ1) is 27.8. The maximum atomic E-state index is 7.14. The molecule has 57 heavy (non-hydrogen) atoms. The van der Waals surface area contributed by atoms with Crippen molar-refractivity contribution in [2.75, 3.05) is 6.61 Å². The normalized spacial score (nSPS) is 28.9. The number of rotatable bonds is 15. The molecule has 3 heteroatoms. The van der Waals surface area contributed by atoms with Crippen molar-refractivity contribution >= 4 is 37.1 Å². The van der Waals surface area contributed by atoms with Crippen LogP contribution in [0.3, 0.4) is 0 Å². The van der Waals surface area contributed by atoms with Crippen molar-refractivity contribution in [2.45, 2.75) is 123 Å². The van der Waals surface area contributed by atoms with E-state index in [4.69, 9.17) is 4.74 Å². The summed E-state index contributed by atoms with van der Waals surface area (Å²) in [5, 5.41) is 6.32. The lowest BCUT2D eigenvalue weighted by Gasteiger charge is -2.58. The van der Waals surface area contributed by atoms with Gasteiger partial charge < -0.3 is 4.74 Å². The number of hydrogen-bond acceptors (Lipinski definition) is 1. The Morgan fingerprint density at radius 2 is 1.16 bits per heavy atom. The first kappa shape index (κ1) is 41.2. The number of allylic oxidation sites excluding steroid dienone is 1. The summed E-state index contributed by atoms with van der Waals surface area (Å²) in [6, 6.07) is 45.7. The zero-order chi connectivity index (χ0) is 39.4. The second-order valence-electron chi connectivity index (χ2n) is 19.4. The smallest absolute Gasteiger partial charge is 0.0612 e. The Morgan fingerprint density at radius 1 is 0.614 bits per heavy atom. The van der Waals surface area contributed by atoms with Crippen LogP contribution in [0.2, 0.25) is 0 Å². The van der Waals surface area contributed by atoms with Crippen molar-refractivity contribution in [1.82, 2.24) is 0 Å². The Hall–Kier alpha value is -2.56. The van der Waals surface area contributed by atoms with Crippen LogP contribution in [-0.2, 0) is 4.74 Å². The van der Waals surface area contributed by atoms with Crippen LogP contribution in [0.15, 0.2) is 133 Å². The van der Waals surface area contributed by atoms with Crippen LogP contribution in [0.25, 0.3) is 0 Å². The van der Waals surface area contributed by atoms with Gasteiger partial charge in [0.15, 0.2) is 0 Å². The molecule has 0 N–H and O–H groups in total. The van der Waals surface area contributed by atoms with Crippen molar-refractivity contribution in [3.63, 3.8) is 0 Å². The molecule has 1 nitrogen and oxygen atoms in total. The molecule has 302 valence electrons. The van der Waals surface area contributed by atoms with Crippen molar-refractivity contribution in [1.29, 1.82) is 0 Å². The second kappa shape index (κ2) is 18.4. The average Bonchev–Trinajstić information content (AvgIpc) is 3.60. The lowest BCUT2D eigenvalue weighted by Crippen LogP contribution is -2.51. The predicted molar refractivity (Wildman–Crippen MR) is 249 cm³/mol. The highest BCUT2D eigenvalue weighted by Crippen LogP contribution is 2.67.